The predicted octanol–water partition coefficient (Wildman–Crippen LogP) is 3.81. The monoisotopic (exact) mass is 240 g/mol. The highest BCUT2D eigenvalue weighted by Crippen LogP contribution is 2.24. The number of carbonyl (C=O) groups is 1. The largest absolute Gasteiger partial charge is 0.463 e. The van der Waals surface area contributed by atoms with E-state index in [0.717, 1.165) is 16.5 Å². The minimum absolute atomic E-state index is 0.289. The first-order valence-electron chi connectivity index (χ1n) is 6.05. The highest BCUT2D eigenvalue weighted by Gasteiger charge is 2.04. The number of esters is 1. The van der Waals surface area contributed by atoms with Crippen molar-refractivity contribution in [1.29, 1.82) is 0 Å². The molecule has 0 N–H and O–H groups in total. The first-order chi connectivity index (χ1) is 8.72. The number of ether oxygens (including phenoxy) is 1. The van der Waals surface area contributed by atoms with Crippen molar-refractivity contribution < 1.29 is 9.53 Å². The maximum atomic E-state index is 11.5. The molecule has 0 saturated heterocycles. The van der Waals surface area contributed by atoms with E-state index in [-0.39, 0.29) is 5.97 Å². The summed E-state index contributed by atoms with van der Waals surface area (Å²) in [6.45, 7) is 4.13. The molecule has 0 unspecified atom stereocenters. The van der Waals surface area contributed by atoms with Crippen molar-refractivity contribution in [3.8, 4) is 0 Å². The zero-order valence-electron chi connectivity index (χ0n) is 10.6. The van der Waals surface area contributed by atoms with Crippen LogP contribution in [0.1, 0.15) is 19.4 Å². The topological polar surface area (TPSA) is 26.3 Å². The number of carbonyl (C=O) groups excluding carboxylic acids is 1. The van der Waals surface area contributed by atoms with E-state index in [9.17, 15) is 4.79 Å². The fraction of sp³-hybridized carbons (Fsp3) is 0.188. The molecule has 0 aliphatic carbocycles. The van der Waals surface area contributed by atoms with Crippen LogP contribution in [0.3, 0.4) is 0 Å². The summed E-state index contributed by atoms with van der Waals surface area (Å²) >= 11 is 0. The van der Waals surface area contributed by atoms with Gasteiger partial charge >= 0.3 is 5.97 Å². The SMILES string of the molecule is CCOC(=O)C=C(C)c1cccc2ccccc12. The summed E-state index contributed by atoms with van der Waals surface area (Å²) in [6, 6.07) is 14.2. The Labute approximate surface area is 107 Å². The maximum Gasteiger partial charge on any atom is 0.331 e. The molecular weight excluding hydrogens is 224 g/mol. The van der Waals surface area contributed by atoms with Crippen LogP contribution in [-0.2, 0) is 9.53 Å². The van der Waals surface area contributed by atoms with Gasteiger partial charge in [0.1, 0.15) is 0 Å². The van der Waals surface area contributed by atoms with E-state index in [1.165, 1.54) is 5.39 Å². The Morgan fingerprint density at radius 2 is 1.89 bits per heavy atom. The zero-order chi connectivity index (χ0) is 13.0. The Kier molecular flexibility index (Phi) is 3.78. The van der Waals surface area contributed by atoms with Gasteiger partial charge < -0.3 is 4.74 Å². The fourth-order valence-corrected chi connectivity index (χ4v) is 2.01. The number of hydrogen-bond donors (Lipinski definition) is 0. The second-order valence-electron chi connectivity index (χ2n) is 4.11. The molecule has 0 aliphatic heterocycles. The van der Waals surface area contributed by atoms with Gasteiger partial charge in [-0.05, 0) is 35.8 Å². The van der Waals surface area contributed by atoms with Gasteiger partial charge in [0.2, 0.25) is 0 Å². The van der Waals surface area contributed by atoms with E-state index >= 15 is 0 Å². The number of rotatable bonds is 3. The Morgan fingerprint density at radius 1 is 1.17 bits per heavy atom. The van der Waals surface area contributed by atoms with Gasteiger partial charge in [0.15, 0.2) is 0 Å². The van der Waals surface area contributed by atoms with Crippen LogP contribution >= 0.6 is 0 Å². The number of allylic oxidation sites excluding steroid dienone is 1. The Balaban J connectivity index is 2.45. The highest BCUT2D eigenvalue weighted by molar-refractivity contribution is 5.98. The third-order valence-corrected chi connectivity index (χ3v) is 2.84. The van der Waals surface area contributed by atoms with Gasteiger partial charge in [-0.25, -0.2) is 4.79 Å². The number of hydrogen-bond acceptors (Lipinski definition) is 2. The van der Waals surface area contributed by atoms with E-state index in [1.807, 2.05) is 31.2 Å². The minimum atomic E-state index is -0.289. The second kappa shape index (κ2) is 5.50. The summed E-state index contributed by atoms with van der Waals surface area (Å²) in [6.07, 6.45) is 1.55. The van der Waals surface area contributed by atoms with Gasteiger partial charge in [-0.2, -0.15) is 0 Å². The maximum absolute atomic E-state index is 11.5. The Hall–Kier alpha value is -2.09. The average Bonchev–Trinajstić information content (AvgIpc) is 2.38. The van der Waals surface area contributed by atoms with Crippen LogP contribution in [0.4, 0.5) is 0 Å². The molecule has 18 heavy (non-hydrogen) atoms. The van der Waals surface area contributed by atoms with E-state index in [2.05, 4.69) is 18.2 Å². The molecule has 92 valence electrons. The molecule has 0 saturated carbocycles. The zero-order valence-corrected chi connectivity index (χ0v) is 10.6. The van der Waals surface area contributed by atoms with Crippen molar-refractivity contribution in [3.63, 3.8) is 0 Å². The lowest BCUT2D eigenvalue weighted by molar-refractivity contribution is -0.137. The number of fused-ring (bicyclic) bond motifs is 1. The van der Waals surface area contributed by atoms with Gasteiger partial charge in [0.25, 0.3) is 0 Å². The third kappa shape index (κ3) is 2.59. The normalized spacial score (nSPS) is 11.6. The lowest BCUT2D eigenvalue weighted by Crippen LogP contribution is -2.00. The molecule has 0 aromatic heterocycles. The molecule has 0 aliphatic rings. The van der Waals surface area contributed by atoms with Gasteiger partial charge in [0.05, 0.1) is 6.61 Å². The molecule has 0 amide bonds. The first-order valence-corrected chi connectivity index (χ1v) is 6.05. The summed E-state index contributed by atoms with van der Waals surface area (Å²) in [5.41, 5.74) is 1.99. The smallest absolute Gasteiger partial charge is 0.331 e. The second-order valence-corrected chi connectivity index (χ2v) is 4.11. The molecule has 2 aromatic rings. The quantitative estimate of drug-likeness (QED) is 0.602. The molecule has 2 aromatic carbocycles. The van der Waals surface area contributed by atoms with Crippen LogP contribution in [0.15, 0.2) is 48.5 Å². The molecule has 0 radical (unpaired) electrons. The molecule has 0 heterocycles. The average molecular weight is 240 g/mol. The molecule has 0 fully saturated rings. The van der Waals surface area contributed by atoms with Crippen LogP contribution in [-0.4, -0.2) is 12.6 Å². The summed E-state index contributed by atoms with van der Waals surface area (Å²) in [7, 11) is 0. The minimum Gasteiger partial charge on any atom is -0.463 e. The van der Waals surface area contributed by atoms with Crippen LogP contribution in [0, 0.1) is 0 Å². The van der Waals surface area contributed by atoms with E-state index < -0.39 is 0 Å². The molecule has 0 bridgehead atoms. The van der Waals surface area contributed by atoms with Crippen molar-refractivity contribution in [3.05, 3.63) is 54.1 Å². The van der Waals surface area contributed by atoms with E-state index in [1.54, 1.807) is 13.0 Å². The Bertz CT molecular complexity index is 592. The number of benzene rings is 2. The fourth-order valence-electron chi connectivity index (χ4n) is 2.01. The molecule has 2 nitrogen and oxygen atoms in total. The molecular formula is C16H16O2. The molecule has 2 heteroatoms. The summed E-state index contributed by atoms with van der Waals surface area (Å²) in [5, 5.41) is 2.32. The standard InChI is InChI=1S/C16H16O2/c1-3-18-16(17)11-12(2)14-10-6-8-13-7-4-5-9-15(13)14/h4-11H,3H2,1-2H3. The van der Waals surface area contributed by atoms with Crippen LogP contribution in [0.2, 0.25) is 0 Å². The Morgan fingerprint density at radius 3 is 2.67 bits per heavy atom. The van der Waals surface area contributed by atoms with Gasteiger partial charge in [-0.3, -0.25) is 0 Å². The van der Waals surface area contributed by atoms with Crippen molar-refractivity contribution in [2.45, 2.75) is 13.8 Å². The van der Waals surface area contributed by atoms with Crippen LogP contribution in [0.25, 0.3) is 16.3 Å². The van der Waals surface area contributed by atoms with Gasteiger partial charge in [-0.15, -0.1) is 0 Å². The van der Waals surface area contributed by atoms with Crippen molar-refractivity contribution in [1.82, 2.24) is 0 Å². The van der Waals surface area contributed by atoms with E-state index in [4.69, 9.17) is 4.74 Å². The van der Waals surface area contributed by atoms with Crippen molar-refractivity contribution in [2.75, 3.05) is 6.61 Å². The van der Waals surface area contributed by atoms with Gasteiger partial charge in [-0.1, -0.05) is 42.5 Å². The van der Waals surface area contributed by atoms with E-state index in [0.29, 0.717) is 6.61 Å². The predicted molar refractivity (Wildman–Crippen MR) is 74.2 cm³/mol. The molecule has 2 rings (SSSR count). The van der Waals surface area contributed by atoms with Crippen LogP contribution in [0.5, 0.6) is 0 Å². The summed E-state index contributed by atoms with van der Waals surface area (Å²) in [5.74, 6) is -0.289. The molecule has 0 spiro atoms. The lowest BCUT2D eigenvalue weighted by atomic mass is 9.99. The summed E-state index contributed by atoms with van der Waals surface area (Å²) in [4.78, 5) is 11.5. The van der Waals surface area contributed by atoms with Crippen molar-refractivity contribution in [2.24, 2.45) is 0 Å². The van der Waals surface area contributed by atoms with Crippen molar-refractivity contribution >= 4 is 22.3 Å². The first kappa shape index (κ1) is 12.4. The highest BCUT2D eigenvalue weighted by atomic mass is 16.5. The molecule has 0 atom stereocenters. The van der Waals surface area contributed by atoms with Gasteiger partial charge in [0, 0.05) is 6.08 Å². The summed E-state index contributed by atoms with van der Waals surface area (Å²) < 4.78 is 4.93. The lowest BCUT2D eigenvalue weighted by Gasteiger charge is -2.06. The van der Waals surface area contributed by atoms with Crippen LogP contribution < -0.4 is 0 Å². The third-order valence-electron chi connectivity index (χ3n) is 2.84.